The van der Waals surface area contributed by atoms with Gasteiger partial charge in [-0.2, -0.15) is 0 Å². The Balaban J connectivity index is 2.07. The molecule has 0 aliphatic rings. The van der Waals surface area contributed by atoms with E-state index in [0.29, 0.717) is 24.3 Å². The van der Waals surface area contributed by atoms with Crippen LogP contribution in [0.3, 0.4) is 0 Å². The summed E-state index contributed by atoms with van der Waals surface area (Å²) in [5.74, 6) is -1.20. The molecule has 1 N–H and O–H groups in total. The number of halogens is 3. The van der Waals surface area contributed by atoms with Gasteiger partial charge in [-0.05, 0) is 87.9 Å². The van der Waals surface area contributed by atoms with Gasteiger partial charge in [-0.15, -0.1) is 0 Å². The second-order valence-electron chi connectivity index (χ2n) is 9.61. The van der Waals surface area contributed by atoms with Crippen LogP contribution in [0, 0.1) is 5.82 Å². The molecule has 2 atom stereocenters. The summed E-state index contributed by atoms with van der Waals surface area (Å²) in [7, 11) is -4.36. The molecule has 2 amide bonds. The number of nitrogens with one attached hydrogen (secondary N) is 1. The van der Waals surface area contributed by atoms with E-state index in [1.807, 2.05) is 20.8 Å². The molecule has 0 radical (unpaired) electrons. The van der Waals surface area contributed by atoms with Gasteiger partial charge in [0, 0.05) is 28.2 Å². The second kappa shape index (κ2) is 14.7. The number of benzene rings is 3. The van der Waals surface area contributed by atoms with E-state index in [2.05, 4.69) is 5.32 Å². The molecular weight excluding hydrogens is 604 g/mol. The normalized spacial score (nSPS) is 12.7. The van der Waals surface area contributed by atoms with Gasteiger partial charge in [-0.25, -0.2) is 12.8 Å². The summed E-state index contributed by atoms with van der Waals surface area (Å²) in [5, 5.41) is 3.44. The van der Waals surface area contributed by atoms with Crippen LogP contribution in [0.4, 0.5) is 10.1 Å². The van der Waals surface area contributed by atoms with Crippen molar-refractivity contribution < 1.29 is 27.1 Å². The van der Waals surface area contributed by atoms with Crippen molar-refractivity contribution in [3.05, 3.63) is 88.2 Å². The zero-order valence-corrected chi connectivity index (χ0v) is 26.1. The highest BCUT2D eigenvalue weighted by Gasteiger charge is 2.33. The maximum absolute atomic E-state index is 14.0. The molecule has 0 unspecified atom stereocenters. The van der Waals surface area contributed by atoms with Crippen molar-refractivity contribution in [1.29, 1.82) is 0 Å². The minimum Gasteiger partial charge on any atom is -0.494 e. The van der Waals surface area contributed by atoms with Crippen LogP contribution in [0.15, 0.2) is 71.6 Å². The predicted molar refractivity (Wildman–Crippen MR) is 163 cm³/mol. The summed E-state index contributed by atoms with van der Waals surface area (Å²) in [5.41, 5.74) is 0.579. The molecule has 0 heterocycles. The number of hydrogen-bond donors (Lipinski definition) is 1. The molecule has 0 saturated carbocycles. The van der Waals surface area contributed by atoms with E-state index in [1.165, 1.54) is 17.0 Å². The number of carbonyl (C=O) groups excluding carboxylic acids is 2. The monoisotopic (exact) mass is 637 g/mol. The molecular formula is C30H34Cl2FN3O5S. The molecule has 3 rings (SSSR count). The largest absolute Gasteiger partial charge is 0.494 e. The first-order valence-electron chi connectivity index (χ1n) is 13.4. The first-order valence-corrected chi connectivity index (χ1v) is 15.6. The van der Waals surface area contributed by atoms with Gasteiger partial charge >= 0.3 is 0 Å². The third-order valence-corrected chi connectivity index (χ3v) is 9.17. The van der Waals surface area contributed by atoms with Gasteiger partial charge in [0.2, 0.25) is 11.8 Å². The smallest absolute Gasteiger partial charge is 0.264 e. The summed E-state index contributed by atoms with van der Waals surface area (Å²) in [6.45, 7) is 6.70. The summed E-state index contributed by atoms with van der Waals surface area (Å²) in [6.07, 6.45) is 0.671. The van der Waals surface area contributed by atoms with E-state index in [1.54, 1.807) is 37.3 Å². The lowest BCUT2D eigenvalue weighted by molar-refractivity contribution is -0.139. The lowest BCUT2D eigenvalue weighted by atomic mass is 10.1. The number of anilines is 1. The molecule has 3 aromatic carbocycles. The molecule has 42 heavy (non-hydrogen) atoms. The maximum atomic E-state index is 14.0. The average molecular weight is 639 g/mol. The first-order chi connectivity index (χ1) is 19.9. The fraction of sp³-hybridized carbons (Fsp3) is 0.333. The fourth-order valence-electron chi connectivity index (χ4n) is 4.04. The molecule has 0 fully saturated rings. The molecule has 3 aromatic rings. The van der Waals surface area contributed by atoms with Crippen LogP contribution >= 0.6 is 23.2 Å². The number of sulfonamides is 1. The van der Waals surface area contributed by atoms with E-state index < -0.39 is 40.2 Å². The second-order valence-corrected chi connectivity index (χ2v) is 12.3. The molecule has 0 spiro atoms. The van der Waals surface area contributed by atoms with Crippen LogP contribution in [0.25, 0.3) is 0 Å². The number of ether oxygens (including phenoxy) is 1. The zero-order chi connectivity index (χ0) is 31.0. The number of carbonyl (C=O) groups is 2. The average Bonchev–Trinajstić information content (AvgIpc) is 2.96. The molecule has 12 heteroatoms. The van der Waals surface area contributed by atoms with E-state index in [0.717, 1.165) is 28.6 Å². The lowest BCUT2D eigenvalue weighted by Crippen LogP contribution is -2.52. The highest BCUT2D eigenvalue weighted by Crippen LogP contribution is 2.29. The van der Waals surface area contributed by atoms with Crippen LogP contribution in [-0.4, -0.2) is 50.4 Å². The van der Waals surface area contributed by atoms with Crippen molar-refractivity contribution >= 4 is 50.7 Å². The van der Waals surface area contributed by atoms with Crippen LogP contribution in [0.1, 0.15) is 39.7 Å². The minimum absolute atomic E-state index is 0.153. The van der Waals surface area contributed by atoms with E-state index in [9.17, 15) is 22.4 Å². The van der Waals surface area contributed by atoms with Crippen molar-refractivity contribution in [2.75, 3.05) is 17.5 Å². The summed E-state index contributed by atoms with van der Waals surface area (Å²) in [4.78, 5) is 28.2. The van der Waals surface area contributed by atoms with Crippen LogP contribution in [0.5, 0.6) is 5.75 Å². The molecule has 0 bridgehead atoms. The Morgan fingerprint density at radius 3 is 2.10 bits per heavy atom. The molecule has 8 nitrogen and oxygen atoms in total. The zero-order valence-electron chi connectivity index (χ0n) is 23.8. The standard InChI is InChI=1S/C30H34Cl2FN3O5S/c1-5-20(3)34-30(38)21(4)35(18-26-27(31)8-7-9-28(26)32)29(37)19-36(23-12-14-24(15-13-23)41-6-2)42(39,40)25-16-10-22(33)11-17-25/h7-17,20-21H,5-6,18-19H2,1-4H3,(H,34,38)/t20-,21+/m0/s1. The van der Waals surface area contributed by atoms with Crippen molar-refractivity contribution in [3.8, 4) is 5.75 Å². The predicted octanol–water partition coefficient (Wildman–Crippen LogP) is 6.06. The van der Waals surface area contributed by atoms with Gasteiger partial charge in [0.15, 0.2) is 0 Å². The first kappa shape index (κ1) is 33.2. The van der Waals surface area contributed by atoms with Crippen molar-refractivity contribution in [2.24, 2.45) is 0 Å². The number of rotatable bonds is 13. The SMILES string of the molecule is CCOc1ccc(N(CC(=O)N(Cc2c(Cl)cccc2Cl)[C@H](C)C(=O)N[C@@H](C)CC)S(=O)(=O)c2ccc(F)cc2)cc1. The number of nitrogens with zero attached hydrogens (tertiary/aromatic N) is 2. The summed E-state index contributed by atoms with van der Waals surface area (Å²) < 4.78 is 47.7. The van der Waals surface area contributed by atoms with Gasteiger partial charge in [-0.1, -0.05) is 36.2 Å². The maximum Gasteiger partial charge on any atom is 0.264 e. The topological polar surface area (TPSA) is 96.0 Å². The summed E-state index contributed by atoms with van der Waals surface area (Å²) in [6, 6.07) is 14.2. The van der Waals surface area contributed by atoms with Gasteiger partial charge in [0.05, 0.1) is 17.2 Å². The third kappa shape index (κ3) is 8.14. The highest BCUT2D eigenvalue weighted by atomic mass is 35.5. The van der Waals surface area contributed by atoms with Crippen LogP contribution in [0.2, 0.25) is 10.0 Å². The molecule has 0 saturated heterocycles. The van der Waals surface area contributed by atoms with Crippen molar-refractivity contribution in [2.45, 2.75) is 57.6 Å². The Morgan fingerprint density at radius 1 is 0.952 bits per heavy atom. The lowest BCUT2D eigenvalue weighted by Gasteiger charge is -2.33. The highest BCUT2D eigenvalue weighted by molar-refractivity contribution is 7.92. The van der Waals surface area contributed by atoms with Crippen LogP contribution in [-0.2, 0) is 26.2 Å². The van der Waals surface area contributed by atoms with Gasteiger partial charge in [0.25, 0.3) is 10.0 Å². The van der Waals surface area contributed by atoms with Gasteiger partial charge in [-0.3, -0.25) is 13.9 Å². The summed E-state index contributed by atoms with van der Waals surface area (Å²) >= 11 is 12.8. The molecule has 0 aromatic heterocycles. The number of amides is 2. The van der Waals surface area contributed by atoms with Crippen LogP contribution < -0.4 is 14.4 Å². The Bertz CT molecular complexity index is 1470. The Hall–Kier alpha value is -3.34. The quantitative estimate of drug-likeness (QED) is 0.246. The fourth-order valence-corrected chi connectivity index (χ4v) is 5.97. The minimum atomic E-state index is -4.36. The Labute approximate surface area is 256 Å². The van der Waals surface area contributed by atoms with Gasteiger partial charge < -0.3 is 15.0 Å². The van der Waals surface area contributed by atoms with Gasteiger partial charge in [0.1, 0.15) is 24.2 Å². The molecule has 226 valence electrons. The number of hydrogen-bond acceptors (Lipinski definition) is 5. The molecule has 0 aliphatic heterocycles. The van der Waals surface area contributed by atoms with E-state index in [4.69, 9.17) is 27.9 Å². The molecule has 0 aliphatic carbocycles. The van der Waals surface area contributed by atoms with E-state index >= 15 is 0 Å². The Morgan fingerprint density at radius 2 is 1.55 bits per heavy atom. The van der Waals surface area contributed by atoms with Crippen molar-refractivity contribution in [3.63, 3.8) is 0 Å². The Kier molecular flexibility index (Phi) is 11.6. The third-order valence-electron chi connectivity index (χ3n) is 6.67. The van der Waals surface area contributed by atoms with Crippen molar-refractivity contribution in [1.82, 2.24) is 10.2 Å². The van der Waals surface area contributed by atoms with E-state index in [-0.39, 0.29) is 33.2 Å².